The Kier molecular flexibility index (Phi) is 5.70. The van der Waals surface area contributed by atoms with Crippen molar-refractivity contribution in [2.75, 3.05) is 26.1 Å². The lowest BCUT2D eigenvalue weighted by molar-refractivity contribution is -0.118. The summed E-state index contributed by atoms with van der Waals surface area (Å²) in [6.07, 6.45) is 4.18. The number of methoxy groups -OCH3 is 2. The first-order valence-electron chi connectivity index (χ1n) is 7.11. The monoisotopic (exact) mass is 312 g/mol. The van der Waals surface area contributed by atoms with Gasteiger partial charge in [-0.3, -0.25) is 4.79 Å². The summed E-state index contributed by atoms with van der Waals surface area (Å²) in [4.78, 5) is 12.4. The molecule has 1 atom stereocenters. The maximum absolute atomic E-state index is 12.4. The number of carbonyl (C=O) groups is 1. The Morgan fingerprint density at radius 1 is 1.24 bits per heavy atom. The van der Waals surface area contributed by atoms with Crippen LogP contribution in [0, 0.1) is 0 Å². The minimum atomic E-state index is -0.168. The highest BCUT2D eigenvalue weighted by Gasteiger charge is 2.21. The molecule has 116 valence electrons. The van der Waals surface area contributed by atoms with E-state index >= 15 is 0 Å². The van der Waals surface area contributed by atoms with Crippen LogP contribution in [0.1, 0.15) is 25.7 Å². The average Bonchev–Trinajstić information content (AvgIpc) is 2.76. The van der Waals surface area contributed by atoms with Crippen molar-refractivity contribution in [2.45, 2.75) is 31.7 Å². The molecule has 0 bridgehead atoms. The normalized spacial score (nSPS) is 18.7. The molecule has 1 aromatic rings. The van der Waals surface area contributed by atoms with Crippen LogP contribution in [0.25, 0.3) is 0 Å². The van der Waals surface area contributed by atoms with Crippen LogP contribution in [0.2, 0.25) is 5.02 Å². The highest BCUT2D eigenvalue weighted by atomic mass is 35.5. The molecule has 0 radical (unpaired) electrons. The minimum absolute atomic E-state index is 0.0589. The van der Waals surface area contributed by atoms with E-state index in [-0.39, 0.29) is 11.9 Å². The summed E-state index contributed by atoms with van der Waals surface area (Å²) in [5.41, 5.74) is 0.555. The van der Waals surface area contributed by atoms with Crippen molar-refractivity contribution in [3.05, 3.63) is 17.2 Å². The molecule has 1 fully saturated rings. The van der Waals surface area contributed by atoms with Gasteiger partial charge in [-0.15, -0.1) is 0 Å². The highest BCUT2D eigenvalue weighted by Crippen LogP contribution is 2.36. The van der Waals surface area contributed by atoms with Gasteiger partial charge in [0.1, 0.15) is 11.5 Å². The number of rotatable bonds is 4. The standard InChI is InChI=1S/C15H21ClN2O3/c1-20-13-9-14(21-2)12(8-10(13)16)18-15(19)11-6-4-3-5-7-17-11/h8-9,11,17H,3-7H2,1-2H3,(H,18,19). The maximum Gasteiger partial charge on any atom is 0.241 e. The molecule has 1 heterocycles. The highest BCUT2D eigenvalue weighted by molar-refractivity contribution is 6.32. The second-order valence-corrected chi connectivity index (χ2v) is 5.44. The third-order valence-corrected chi connectivity index (χ3v) is 3.90. The fourth-order valence-electron chi connectivity index (χ4n) is 2.43. The predicted molar refractivity (Wildman–Crippen MR) is 83.4 cm³/mol. The summed E-state index contributed by atoms with van der Waals surface area (Å²) in [7, 11) is 3.08. The first kappa shape index (κ1) is 15.9. The zero-order valence-corrected chi connectivity index (χ0v) is 13.1. The Hall–Kier alpha value is -1.46. The van der Waals surface area contributed by atoms with Crippen LogP contribution in [0.5, 0.6) is 11.5 Å². The van der Waals surface area contributed by atoms with E-state index in [1.165, 1.54) is 7.11 Å². The molecule has 1 aromatic carbocycles. The SMILES string of the molecule is COc1cc(OC)c(NC(=O)C2CCCCCN2)cc1Cl. The van der Waals surface area contributed by atoms with Crippen LogP contribution in [0.4, 0.5) is 5.69 Å². The number of nitrogens with one attached hydrogen (secondary N) is 2. The van der Waals surface area contributed by atoms with Gasteiger partial charge in [-0.05, 0) is 25.5 Å². The van der Waals surface area contributed by atoms with E-state index in [1.54, 1.807) is 19.2 Å². The van der Waals surface area contributed by atoms with Crippen LogP contribution < -0.4 is 20.1 Å². The Morgan fingerprint density at radius 3 is 2.71 bits per heavy atom. The van der Waals surface area contributed by atoms with E-state index in [9.17, 15) is 4.79 Å². The predicted octanol–water partition coefficient (Wildman–Crippen LogP) is 2.83. The summed E-state index contributed by atoms with van der Waals surface area (Å²) in [6.45, 7) is 0.874. The van der Waals surface area contributed by atoms with E-state index in [4.69, 9.17) is 21.1 Å². The number of hydrogen-bond donors (Lipinski definition) is 2. The van der Waals surface area contributed by atoms with E-state index < -0.39 is 0 Å². The molecule has 0 spiro atoms. The van der Waals surface area contributed by atoms with Crippen LogP contribution in [0.3, 0.4) is 0 Å². The van der Waals surface area contributed by atoms with Gasteiger partial charge in [-0.2, -0.15) is 0 Å². The lowest BCUT2D eigenvalue weighted by Gasteiger charge is -2.18. The van der Waals surface area contributed by atoms with Gasteiger partial charge in [0.2, 0.25) is 5.91 Å². The van der Waals surface area contributed by atoms with Gasteiger partial charge in [0, 0.05) is 6.07 Å². The fraction of sp³-hybridized carbons (Fsp3) is 0.533. The molecule has 5 nitrogen and oxygen atoms in total. The Morgan fingerprint density at radius 2 is 2.00 bits per heavy atom. The molecule has 6 heteroatoms. The van der Waals surface area contributed by atoms with Crippen molar-refractivity contribution < 1.29 is 14.3 Å². The van der Waals surface area contributed by atoms with Crippen molar-refractivity contribution in [3.63, 3.8) is 0 Å². The zero-order valence-electron chi connectivity index (χ0n) is 12.4. The van der Waals surface area contributed by atoms with Crippen LogP contribution in [-0.4, -0.2) is 32.7 Å². The van der Waals surface area contributed by atoms with Gasteiger partial charge < -0.3 is 20.1 Å². The second kappa shape index (κ2) is 7.52. The van der Waals surface area contributed by atoms with Crippen molar-refractivity contribution in [2.24, 2.45) is 0 Å². The third-order valence-electron chi connectivity index (χ3n) is 3.61. The summed E-state index contributed by atoms with van der Waals surface area (Å²) in [5, 5.41) is 6.58. The van der Waals surface area contributed by atoms with Gasteiger partial charge in [-0.25, -0.2) is 0 Å². The van der Waals surface area contributed by atoms with Crippen molar-refractivity contribution >= 4 is 23.2 Å². The topological polar surface area (TPSA) is 59.6 Å². The largest absolute Gasteiger partial charge is 0.495 e. The van der Waals surface area contributed by atoms with Gasteiger partial charge in [0.05, 0.1) is 31.0 Å². The summed E-state index contributed by atoms with van der Waals surface area (Å²) >= 11 is 6.11. The molecule has 0 saturated carbocycles. The molecule has 2 N–H and O–H groups in total. The average molecular weight is 313 g/mol. The number of hydrogen-bond acceptors (Lipinski definition) is 4. The maximum atomic E-state index is 12.4. The number of carbonyl (C=O) groups excluding carboxylic acids is 1. The number of anilines is 1. The summed E-state index contributed by atoms with van der Waals surface area (Å²) in [6, 6.07) is 3.14. The third kappa shape index (κ3) is 4.02. The quantitative estimate of drug-likeness (QED) is 0.897. The molecule has 1 unspecified atom stereocenters. The molecule has 1 saturated heterocycles. The minimum Gasteiger partial charge on any atom is -0.495 e. The summed E-state index contributed by atoms with van der Waals surface area (Å²) in [5.74, 6) is 0.980. The molecule has 1 amide bonds. The Bertz CT molecular complexity index is 500. The Labute approximate surface area is 130 Å². The number of benzene rings is 1. The molecule has 1 aliphatic rings. The molecule has 0 aliphatic carbocycles. The van der Waals surface area contributed by atoms with Crippen LogP contribution >= 0.6 is 11.6 Å². The van der Waals surface area contributed by atoms with Gasteiger partial charge in [0.15, 0.2) is 0 Å². The van der Waals surface area contributed by atoms with E-state index in [0.717, 1.165) is 32.2 Å². The zero-order chi connectivity index (χ0) is 15.2. The lowest BCUT2D eigenvalue weighted by atomic mass is 10.1. The molecular weight excluding hydrogens is 292 g/mol. The van der Waals surface area contributed by atoms with Gasteiger partial charge >= 0.3 is 0 Å². The second-order valence-electron chi connectivity index (χ2n) is 5.03. The van der Waals surface area contributed by atoms with Crippen LogP contribution in [-0.2, 0) is 4.79 Å². The summed E-state index contributed by atoms with van der Waals surface area (Å²) < 4.78 is 10.4. The Balaban J connectivity index is 2.14. The van der Waals surface area contributed by atoms with Gasteiger partial charge in [0.25, 0.3) is 0 Å². The van der Waals surface area contributed by atoms with Crippen molar-refractivity contribution in [3.8, 4) is 11.5 Å². The first-order chi connectivity index (χ1) is 10.2. The molecular formula is C15H21ClN2O3. The molecule has 2 rings (SSSR count). The van der Waals surface area contributed by atoms with Gasteiger partial charge in [-0.1, -0.05) is 24.4 Å². The first-order valence-corrected chi connectivity index (χ1v) is 7.49. The molecule has 21 heavy (non-hydrogen) atoms. The van der Waals surface area contributed by atoms with Crippen LogP contribution in [0.15, 0.2) is 12.1 Å². The number of amides is 1. The van der Waals surface area contributed by atoms with E-state index in [0.29, 0.717) is 22.2 Å². The number of ether oxygens (including phenoxy) is 2. The van der Waals surface area contributed by atoms with E-state index in [2.05, 4.69) is 10.6 Å². The van der Waals surface area contributed by atoms with E-state index in [1.807, 2.05) is 0 Å². The van der Waals surface area contributed by atoms with Crippen molar-refractivity contribution in [1.82, 2.24) is 5.32 Å². The fourth-order valence-corrected chi connectivity index (χ4v) is 2.67. The molecule has 1 aliphatic heterocycles. The lowest BCUT2D eigenvalue weighted by Crippen LogP contribution is -2.39. The molecule has 0 aromatic heterocycles. The van der Waals surface area contributed by atoms with Crippen molar-refractivity contribution in [1.29, 1.82) is 0 Å². The smallest absolute Gasteiger partial charge is 0.241 e. The number of halogens is 1.